The van der Waals surface area contributed by atoms with Crippen molar-refractivity contribution in [3.05, 3.63) is 0 Å². The summed E-state index contributed by atoms with van der Waals surface area (Å²) in [5, 5.41) is 2.94. The summed E-state index contributed by atoms with van der Waals surface area (Å²) in [5.74, 6) is 1.55. The Morgan fingerprint density at radius 1 is 1.75 bits per heavy atom. The molecule has 0 spiro atoms. The molecule has 2 aliphatic heterocycles. The van der Waals surface area contributed by atoms with Crippen LogP contribution in [-0.4, -0.2) is 24.7 Å². The molecule has 0 aromatic heterocycles. The second-order valence-corrected chi connectivity index (χ2v) is 1.54. The second kappa shape index (κ2) is 1.15. The molecule has 0 fully saturated rings. The van der Waals surface area contributed by atoms with Crippen LogP contribution in [0.3, 0.4) is 0 Å². The second-order valence-electron chi connectivity index (χ2n) is 1.54. The first-order valence-corrected chi connectivity index (χ1v) is 2.36. The Labute approximate surface area is 46.1 Å². The summed E-state index contributed by atoms with van der Waals surface area (Å²) in [6.45, 7) is 0.630. The Bertz CT molecular complexity index is 200. The van der Waals surface area contributed by atoms with E-state index in [9.17, 15) is 0 Å². The first-order valence-electron chi connectivity index (χ1n) is 2.36. The zero-order chi connectivity index (χ0) is 5.40. The summed E-state index contributed by atoms with van der Waals surface area (Å²) in [6.07, 6.45) is 1.50. The van der Waals surface area contributed by atoms with E-state index in [2.05, 4.69) is 20.3 Å². The molecular formula is C4H4N4+. The van der Waals surface area contributed by atoms with Crippen molar-refractivity contribution in [2.24, 2.45) is 9.98 Å². The van der Waals surface area contributed by atoms with E-state index in [0.717, 1.165) is 11.7 Å². The summed E-state index contributed by atoms with van der Waals surface area (Å²) in [5.41, 5.74) is 0. The molecule has 0 amide bonds. The van der Waals surface area contributed by atoms with Crippen molar-refractivity contribution in [2.45, 2.75) is 0 Å². The lowest BCUT2D eigenvalue weighted by atomic mass is 10.6. The smallest absolute Gasteiger partial charge is 0.318 e. The lowest BCUT2D eigenvalue weighted by molar-refractivity contribution is 0.970. The van der Waals surface area contributed by atoms with E-state index in [1.807, 2.05) is 0 Å². The lowest BCUT2D eigenvalue weighted by Crippen LogP contribution is -2.21. The molecule has 0 aliphatic carbocycles. The van der Waals surface area contributed by atoms with Crippen LogP contribution in [0.2, 0.25) is 0 Å². The molecular weight excluding hydrogens is 104 g/mol. The van der Waals surface area contributed by atoms with Crippen molar-refractivity contribution in [2.75, 3.05) is 6.67 Å². The van der Waals surface area contributed by atoms with Crippen LogP contribution < -0.4 is 10.3 Å². The molecule has 0 unspecified atom stereocenters. The van der Waals surface area contributed by atoms with Crippen LogP contribution in [0, 0.1) is 0 Å². The molecule has 1 N–H and O–H groups in total. The zero-order valence-corrected chi connectivity index (χ0v) is 4.13. The van der Waals surface area contributed by atoms with Crippen LogP contribution >= 0.6 is 0 Å². The first-order chi connectivity index (χ1) is 3.97. The molecule has 0 atom stereocenters. The Kier molecular flexibility index (Phi) is 0.542. The highest BCUT2D eigenvalue weighted by atomic mass is 15.2. The minimum absolute atomic E-state index is 0.630. The molecule has 0 saturated heterocycles. The van der Waals surface area contributed by atoms with E-state index in [1.165, 1.54) is 6.34 Å². The highest BCUT2D eigenvalue weighted by Crippen LogP contribution is 1.89. The summed E-state index contributed by atoms with van der Waals surface area (Å²) in [4.78, 5) is 11.7. The predicted octanol–water partition coefficient (Wildman–Crippen LogP) is -1.28. The lowest BCUT2D eigenvalue weighted by Gasteiger charge is -1.77. The first kappa shape index (κ1) is 3.77. The monoisotopic (exact) mass is 108 g/mol. The molecule has 4 nitrogen and oxygen atoms in total. The largest absolute Gasteiger partial charge is 0.354 e. The van der Waals surface area contributed by atoms with Crippen molar-refractivity contribution in [3.63, 3.8) is 0 Å². The van der Waals surface area contributed by atoms with Crippen molar-refractivity contribution in [1.29, 1.82) is 0 Å². The van der Waals surface area contributed by atoms with E-state index in [1.54, 1.807) is 0 Å². The zero-order valence-electron chi connectivity index (χ0n) is 4.13. The van der Waals surface area contributed by atoms with Crippen LogP contribution in [0.25, 0.3) is 0 Å². The van der Waals surface area contributed by atoms with Gasteiger partial charge in [-0.2, -0.15) is 0 Å². The number of rotatable bonds is 0. The van der Waals surface area contributed by atoms with Crippen molar-refractivity contribution < 1.29 is 0 Å². The van der Waals surface area contributed by atoms with Gasteiger partial charge in [-0.1, -0.05) is 9.98 Å². The van der Waals surface area contributed by atoms with Crippen molar-refractivity contribution >= 4 is 18.0 Å². The fourth-order valence-electron chi connectivity index (χ4n) is 0.690. The van der Waals surface area contributed by atoms with Gasteiger partial charge >= 0.3 is 5.84 Å². The maximum Gasteiger partial charge on any atom is 0.354 e. The molecule has 39 valence electrons. The maximum atomic E-state index is 3.97. The fraction of sp³-hybridized carbons (Fsp3) is 0.250. The summed E-state index contributed by atoms with van der Waals surface area (Å²) >= 11 is 0. The minimum Gasteiger partial charge on any atom is -0.318 e. The van der Waals surface area contributed by atoms with Gasteiger partial charge in [-0.3, -0.25) is 0 Å². The van der Waals surface area contributed by atoms with Gasteiger partial charge < -0.3 is 5.32 Å². The number of hydrogen-bond donors (Lipinski definition) is 1. The molecule has 4 heteroatoms. The molecule has 8 heavy (non-hydrogen) atoms. The van der Waals surface area contributed by atoms with Gasteiger partial charge in [0.2, 0.25) is 0 Å². The van der Waals surface area contributed by atoms with E-state index in [0.29, 0.717) is 6.67 Å². The minimum atomic E-state index is 0.630. The molecule has 0 aromatic carbocycles. The summed E-state index contributed by atoms with van der Waals surface area (Å²) in [7, 11) is 0. The average molecular weight is 108 g/mol. The third kappa shape index (κ3) is 0.318. The number of amidine groups is 2. The van der Waals surface area contributed by atoms with Crippen LogP contribution in [0.5, 0.6) is 0 Å². The quantitative estimate of drug-likeness (QED) is 0.413. The Balaban J connectivity index is 2.49. The van der Waals surface area contributed by atoms with Gasteiger partial charge in [0, 0.05) is 0 Å². The van der Waals surface area contributed by atoms with Crippen molar-refractivity contribution in [1.82, 2.24) is 10.3 Å². The van der Waals surface area contributed by atoms with E-state index < -0.39 is 0 Å². The molecule has 0 bridgehead atoms. The van der Waals surface area contributed by atoms with Gasteiger partial charge in [0.25, 0.3) is 12.2 Å². The van der Waals surface area contributed by atoms with Gasteiger partial charge in [-0.25, -0.2) is 0 Å². The Morgan fingerprint density at radius 2 is 2.75 bits per heavy atom. The van der Waals surface area contributed by atoms with Gasteiger partial charge in [0.15, 0.2) is 6.67 Å². The van der Waals surface area contributed by atoms with Gasteiger partial charge in [-0.05, 0) is 0 Å². The Morgan fingerprint density at radius 3 is 3.62 bits per heavy atom. The van der Waals surface area contributed by atoms with E-state index in [-0.39, 0.29) is 0 Å². The molecule has 0 aromatic rings. The summed E-state index contributed by atoms with van der Waals surface area (Å²) < 4.78 is 0. The van der Waals surface area contributed by atoms with Crippen molar-refractivity contribution in [3.8, 4) is 0 Å². The normalized spacial score (nSPS) is 22.0. The van der Waals surface area contributed by atoms with E-state index >= 15 is 0 Å². The van der Waals surface area contributed by atoms with Crippen LogP contribution in [0.15, 0.2) is 9.98 Å². The van der Waals surface area contributed by atoms with Crippen LogP contribution in [0.4, 0.5) is 0 Å². The number of aliphatic imine (C=N–C) groups is 3. The number of hydrogen-bond acceptors (Lipinski definition) is 4. The van der Waals surface area contributed by atoms with Gasteiger partial charge in [-0.15, -0.1) is 4.99 Å². The standard InChI is InChI=1S/C4H4N4/c1-5-3-4(6-1)8-2-7-3/h1H,2H2,(H,5,7)/q+1. The highest BCUT2D eigenvalue weighted by molar-refractivity contribution is 6.45. The SMILES string of the molecule is C1=[N+]C2=NCNC2=N1. The van der Waals surface area contributed by atoms with E-state index in [4.69, 9.17) is 0 Å². The molecule has 2 aliphatic rings. The molecule has 1 radical (unpaired) electrons. The number of nitrogens with one attached hydrogen (secondary N) is 1. The van der Waals surface area contributed by atoms with Gasteiger partial charge in [0.1, 0.15) is 0 Å². The van der Waals surface area contributed by atoms with Crippen LogP contribution in [-0.2, 0) is 0 Å². The van der Waals surface area contributed by atoms with Gasteiger partial charge in [0.05, 0.1) is 0 Å². The number of nitrogens with zero attached hydrogens (tertiary/aromatic N) is 3. The number of fused-ring (bicyclic) bond motifs is 1. The topological polar surface area (TPSA) is 50.9 Å². The Hall–Kier alpha value is -1.19. The maximum absolute atomic E-state index is 3.97. The predicted molar refractivity (Wildman–Crippen MR) is 31.1 cm³/mol. The fourth-order valence-corrected chi connectivity index (χ4v) is 0.690. The van der Waals surface area contributed by atoms with Crippen LogP contribution in [0.1, 0.15) is 0 Å². The highest BCUT2D eigenvalue weighted by Gasteiger charge is 2.26. The average Bonchev–Trinajstić information content (AvgIpc) is 2.15. The molecule has 2 heterocycles. The summed E-state index contributed by atoms with van der Waals surface area (Å²) in [6, 6.07) is 0. The molecule has 2 rings (SSSR count). The molecule has 0 saturated carbocycles. The third-order valence-corrected chi connectivity index (χ3v) is 1.05. The third-order valence-electron chi connectivity index (χ3n) is 1.05.